The molecule has 1 rings (SSSR count). The molecule has 0 unspecified atom stereocenters. The minimum Gasteiger partial charge on any atom is -0.481 e. The van der Waals surface area contributed by atoms with Gasteiger partial charge in [-0.05, 0) is 13.0 Å². The Morgan fingerprint density at radius 3 is 2.82 bits per heavy atom. The molecule has 0 amide bonds. The lowest BCUT2D eigenvalue weighted by Gasteiger charge is -2.03. The predicted octanol–water partition coefficient (Wildman–Crippen LogP) is 2.55. The monoisotopic (exact) mass is 215 g/mol. The largest absolute Gasteiger partial charge is 0.481 e. The molecule has 60 valence electrons. The second-order valence-electron chi connectivity index (χ2n) is 2.22. The molecule has 0 saturated carbocycles. The molecule has 0 bridgehead atoms. The third-order valence-corrected chi connectivity index (χ3v) is 1.83. The van der Waals surface area contributed by atoms with Crippen LogP contribution in [0.5, 0.6) is 5.88 Å². The maximum atomic E-state index is 4.97. The van der Waals surface area contributed by atoms with E-state index in [1.807, 2.05) is 25.1 Å². The van der Waals surface area contributed by atoms with Gasteiger partial charge in [-0.15, -0.1) is 0 Å². The third kappa shape index (κ3) is 2.19. The number of hydrogen-bond donors (Lipinski definition) is 0. The Labute approximate surface area is 74.7 Å². The van der Waals surface area contributed by atoms with Gasteiger partial charge in [0.15, 0.2) is 0 Å². The van der Waals surface area contributed by atoms with Crippen LogP contribution in [0.15, 0.2) is 18.2 Å². The molecule has 0 aliphatic rings. The van der Waals surface area contributed by atoms with E-state index < -0.39 is 0 Å². The zero-order valence-electron chi connectivity index (χ0n) is 6.54. The lowest BCUT2D eigenvalue weighted by Crippen LogP contribution is -1.92. The van der Waals surface area contributed by atoms with Crippen molar-refractivity contribution in [3.63, 3.8) is 0 Å². The molecule has 1 aromatic rings. The molecule has 1 aromatic heterocycles. The Balaban J connectivity index is 2.91. The van der Waals surface area contributed by atoms with Gasteiger partial charge in [-0.25, -0.2) is 4.98 Å². The van der Waals surface area contributed by atoms with Crippen molar-refractivity contribution in [2.24, 2.45) is 0 Å². The van der Waals surface area contributed by atoms with Gasteiger partial charge in [-0.2, -0.15) is 0 Å². The average molecular weight is 216 g/mol. The molecular weight excluding hydrogens is 206 g/mol. The number of nitrogens with zero attached hydrogens (tertiary/aromatic N) is 1. The maximum Gasteiger partial charge on any atom is 0.213 e. The van der Waals surface area contributed by atoms with Gasteiger partial charge in [0.25, 0.3) is 0 Å². The van der Waals surface area contributed by atoms with Crippen molar-refractivity contribution < 1.29 is 4.74 Å². The van der Waals surface area contributed by atoms with Crippen LogP contribution >= 0.6 is 15.9 Å². The van der Waals surface area contributed by atoms with E-state index in [1.54, 1.807) is 7.11 Å². The van der Waals surface area contributed by atoms with Gasteiger partial charge in [0.05, 0.1) is 17.6 Å². The summed E-state index contributed by atoms with van der Waals surface area (Å²) in [5.41, 5.74) is 0.990. The van der Waals surface area contributed by atoms with E-state index in [9.17, 15) is 0 Å². The normalized spacial score (nSPS) is 12.6. The molecule has 0 aliphatic heterocycles. The molecule has 0 saturated heterocycles. The SMILES string of the molecule is COc1cccc([C@@H](C)Br)n1. The summed E-state index contributed by atoms with van der Waals surface area (Å²) in [7, 11) is 1.62. The summed E-state index contributed by atoms with van der Waals surface area (Å²) in [6.45, 7) is 2.03. The van der Waals surface area contributed by atoms with E-state index in [2.05, 4.69) is 20.9 Å². The zero-order chi connectivity index (χ0) is 8.27. The van der Waals surface area contributed by atoms with Gasteiger partial charge in [0, 0.05) is 6.07 Å². The summed E-state index contributed by atoms with van der Waals surface area (Å²) in [5, 5.41) is 0. The summed E-state index contributed by atoms with van der Waals surface area (Å²) in [5.74, 6) is 0.661. The highest BCUT2D eigenvalue weighted by Gasteiger charge is 2.02. The van der Waals surface area contributed by atoms with E-state index >= 15 is 0 Å². The van der Waals surface area contributed by atoms with Crippen molar-refractivity contribution in [2.45, 2.75) is 11.8 Å². The van der Waals surface area contributed by atoms with Crippen LogP contribution in [-0.4, -0.2) is 12.1 Å². The van der Waals surface area contributed by atoms with Gasteiger partial charge in [-0.3, -0.25) is 0 Å². The fourth-order valence-electron chi connectivity index (χ4n) is 0.766. The van der Waals surface area contributed by atoms with Gasteiger partial charge < -0.3 is 4.74 Å². The van der Waals surface area contributed by atoms with Crippen LogP contribution in [-0.2, 0) is 0 Å². The minimum absolute atomic E-state index is 0.276. The topological polar surface area (TPSA) is 22.1 Å². The van der Waals surface area contributed by atoms with E-state index in [1.165, 1.54) is 0 Å². The van der Waals surface area contributed by atoms with Crippen LogP contribution in [0.1, 0.15) is 17.4 Å². The molecule has 0 fully saturated rings. The van der Waals surface area contributed by atoms with Crippen molar-refractivity contribution in [1.29, 1.82) is 0 Å². The highest BCUT2D eigenvalue weighted by molar-refractivity contribution is 9.09. The van der Waals surface area contributed by atoms with Gasteiger partial charge in [-0.1, -0.05) is 22.0 Å². The second-order valence-corrected chi connectivity index (χ2v) is 3.59. The van der Waals surface area contributed by atoms with Crippen LogP contribution < -0.4 is 4.74 Å². The Bertz CT molecular complexity index is 237. The fraction of sp³-hybridized carbons (Fsp3) is 0.375. The van der Waals surface area contributed by atoms with Crippen LogP contribution in [0.2, 0.25) is 0 Å². The first-order valence-corrected chi connectivity index (χ1v) is 4.30. The third-order valence-electron chi connectivity index (χ3n) is 1.36. The number of hydrogen-bond acceptors (Lipinski definition) is 2. The number of ether oxygens (including phenoxy) is 1. The Kier molecular flexibility index (Phi) is 2.88. The molecule has 2 nitrogen and oxygen atoms in total. The van der Waals surface area contributed by atoms with Crippen LogP contribution in [0.4, 0.5) is 0 Å². The Hall–Kier alpha value is -0.570. The molecule has 11 heavy (non-hydrogen) atoms. The van der Waals surface area contributed by atoms with Gasteiger partial charge in [0.1, 0.15) is 0 Å². The number of aromatic nitrogens is 1. The lowest BCUT2D eigenvalue weighted by molar-refractivity contribution is 0.396. The first-order chi connectivity index (χ1) is 5.24. The van der Waals surface area contributed by atoms with E-state index in [-0.39, 0.29) is 4.83 Å². The van der Waals surface area contributed by atoms with Crippen LogP contribution in [0.3, 0.4) is 0 Å². The van der Waals surface area contributed by atoms with Crippen LogP contribution in [0.25, 0.3) is 0 Å². The molecule has 0 aromatic carbocycles. The van der Waals surface area contributed by atoms with Gasteiger partial charge >= 0.3 is 0 Å². The minimum atomic E-state index is 0.276. The van der Waals surface area contributed by atoms with Crippen LogP contribution in [0, 0.1) is 0 Å². The molecular formula is C8H10BrNO. The quantitative estimate of drug-likeness (QED) is 0.708. The first kappa shape index (κ1) is 8.53. The summed E-state index contributed by atoms with van der Waals surface area (Å²) < 4.78 is 4.97. The Morgan fingerprint density at radius 2 is 2.27 bits per heavy atom. The van der Waals surface area contributed by atoms with Gasteiger partial charge in [0.2, 0.25) is 5.88 Å². The highest BCUT2D eigenvalue weighted by atomic mass is 79.9. The summed E-state index contributed by atoms with van der Waals surface area (Å²) in [4.78, 5) is 4.50. The van der Waals surface area contributed by atoms with E-state index in [0.717, 1.165) is 5.69 Å². The molecule has 0 radical (unpaired) electrons. The summed E-state index contributed by atoms with van der Waals surface area (Å²) in [6, 6.07) is 5.72. The van der Waals surface area contributed by atoms with Crippen molar-refractivity contribution in [3.05, 3.63) is 23.9 Å². The standard InChI is InChI=1S/C8H10BrNO/c1-6(9)7-4-3-5-8(10-7)11-2/h3-6H,1-2H3/t6-/m1/s1. The zero-order valence-corrected chi connectivity index (χ0v) is 8.13. The molecule has 1 heterocycles. The number of rotatable bonds is 2. The lowest BCUT2D eigenvalue weighted by atomic mass is 10.3. The van der Waals surface area contributed by atoms with E-state index in [0.29, 0.717) is 5.88 Å². The fourth-order valence-corrected chi connectivity index (χ4v) is 1.02. The number of methoxy groups -OCH3 is 1. The molecule has 0 N–H and O–H groups in total. The molecule has 1 atom stereocenters. The molecule has 3 heteroatoms. The number of alkyl halides is 1. The van der Waals surface area contributed by atoms with Crippen molar-refractivity contribution in [2.75, 3.05) is 7.11 Å². The smallest absolute Gasteiger partial charge is 0.213 e. The average Bonchev–Trinajstić information content (AvgIpc) is 2.05. The number of pyridine rings is 1. The Morgan fingerprint density at radius 1 is 1.55 bits per heavy atom. The molecule has 0 aliphatic carbocycles. The molecule has 0 spiro atoms. The van der Waals surface area contributed by atoms with E-state index in [4.69, 9.17) is 4.74 Å². The number of halogens is 1. The second kappa shape index (κ2) is 3.72. The van der Waals surface area contributed by atoms with Crippen molar-refractivity contribution in [1.82, 2.24) is 4.98 Å². The maximum absolute atomic E-state index is 4.97. The predicted molar refractivity (Wildman–Crippen MR) is 48.1 cm³/mol. The first-order valence-electron chi connectivity index (χ1n) is 3.39. The van der Waals surface area contributed by atoms with Crippen molar-refractivity contribution in [3.8, 4) is 5.88 Å². The van der Waals surface area contributed by atoms with Crippen molar-refractivity contribution >= 4 is 15.9 Å². The summed E-state index contributed by atoms with van der Waals surface area (Å²) in [6.07, 6.45) is 0. The summed E-state index contributed by atoms with van der Waals surface area (Å²) >= 11 is 3.43. The highest BCUT2D eigenvalue weighted by Crippen LogP contribution is 2.20.